The van der Waals surface area contributed by atoms with Crippen LogP contribution in [0.5, 0.6) is 0 Å². The van der Waals surface area contributed by atoms with Gasteiger partial charge >= 0.3 is 6.03 Å². The van der Waals surface area contributed by atoms with Crippen molar-refractivity contribution in [1.29, 1.82) is 0 Å². The molecule has 0 bridgehead atoms. The molecule has 1 unspecified atom stereocenters. The van der Waals surface area contributed by atoms with Gasteiger partial charge in [-0.05, 0) is 19.8 Å². The maximum Gasteiger partial charge on any atom is 0.325 e. The molecule has 0 aliphatic carbocycles. The van der Waals surface area contributed by atoms with Gasteiger partial charge < -0.3 is 4.90 Å². The van der Waals surface area contributed by atoms with Crippen molar-refractivity contribution in [2.24, 2.45) is 0 Å². The number of urea groups is 1. The van der Waals surface area contributed by atoms with Crippen molar-refractivity contribution in [1.82, 2.24) is 10.2 Å². The van der Waals surface area contributed by atoms with Crippen molar-refractivity contribution in [3.8, 4) is 0 Å². The highest BCUT2D eigenvalue weighted by molar-refractivity contribution is 7.91. The van der Waals surface area contributed by atoms with Gasteiger partial charge in [0.1, 0.15) is 15.4 Å². The van der Waals surface area contributed by atoms with Crippen LogP contribution < -0.4 is 5.32 Å². The van der Waals surface area contributed by atoms with Gasteiger partial charge in [-0.15, -0.1) is 0 Å². The minimum Gasteiger partial charge on any atom is -0.310 e. The number of imide groups is 1. The molecule has 104 valence electrons. The SMILES string of the molecule is CCC1(C)C(=O)NC(=O)N1CCCS(=O)(=O)CC. The van der Waals surface area contributed by atoms with Crippen LogP contribution in [0.1, 0.15) is 33.6 Å². The monoisotopic (exact) mass is 276 g/mol. The molecular weight excluding hydrogens is 256 g/mol. The predicted octanol–water partition coefficient (Wildman–Crippen LogP) is 0.532. The predicted molar refractivity (Wildman–Crippen MR) is 67.9 cm³/mol. The van der Waals surface area contributed by atoms with Crippen LogP contribution in [0.2, 0.25) is 0 Å². The van der Waals surface area contributed by atoms with E-state index >= 15 is 0 Å². The third-order valence-electron chi connectivity index (χ3n) is 3.52. The largest absolute Gasteiger partial charge is 0.325 e. The first-order valence-corrected chi connectivity index (χ1v) is 7.92. The highest BCUT2D eigenvalue weighted by Gasteiger charge is 2.47. The number of hydrogen-bond acceptors (Lipinski definition) is 4. The minimum atomic E-state index is -3.03. The number of carbonyl (C=O) groups excluding carboxylic acids is 2. The number of nitrogens with zero attached hydrogens (tertiary/aromatic N) is 1. The van der Waals surface area contributed by atoms with E-state index in [0.717, 1.165) is 0 Å². The highest BCUT2D eigenvalue weighted by atomic mass is 32.2. The second-order valence-electron chi connectivity index (χ2n) is 4.63. The Labute approximate surface area is 108 Å². The summed E-state index contributed by atoms with van der Waals surface area (Å²) in [6, 6.07) is -0.432. The van der Waals surface area contributed by atoms with E-state index in [1.807, 2.05) is 6.92 Å². The fraction of sp³-hybridized carbons (Fsp3) is 0.818. The zero-order valence-corrected chi connectivity index (χ0v) is 11.8. The van der Waals surface area contributed by atoms with Gasteiger partial charge in [-0.25, -0.2) is 13.2 Å². The molecule has 1 heterocycles. The van der Waals surface area contributed by atoms with Gasteiger partial charge in [0.25, 0.3) is 5.91 Å². The van der Waals surface area contributed by atoms with Crippen LogP contribution in [0, 0.1) is 0 Å². The van der Waals surface area contributed by atoms with E-state index in [2.05, 4.69) is 5.32 Å². The molecule has 6 nitrogen and oxygen atoms in total. The normalized spacial score (nSPS) is 24.5. The summed E-state index contributed by atoms with van der Waals surface area (Å²) in [7, 11) is -3.03. The molecule has 3 amide bonds. The summed E-state index contributed by atoms with van der Waals surface area (Å²) in [6.45, 7) is 5.40. The molecule has 0 spiro atoms. The van der Waals surface area contributed by atoms with Gasteiger partial charge in [0.05, 0.1) is 5.75 Å². The number of amides is 3. The molecule has 1 rings (SSSR count). The lowest BCUT2D eigenvalue weighted by Gasteiger charge is -2.30. The zero-order valence-electron chi connectivity index (χ0n) is 11.0. The molecule has 18 heavy (non-hydrogen) atoms. The molecule has 1 saturated heterocycles. The van der Waals surface area contributed by atoms with Crippen LogP contribution in [0.4, 0.5) is 4.79 Å². The molecule has 0 radical (unpaired) electrons. The highest BCUT2D eigenvalue weighted by Crippen LogP contribution is 2.25. The Bertz CT molecular complexity index is 446. The summed E-state index contributed by atoms with van der Waals surface area (Å²) in [5.74, 6) is -0.168. The third-order valence-corrected chi connectivity index (χ3v) is 5.31. The molecule has 1 atom stereocenters. The van der Waals surface area contributed by atoms with Gasteiger partial charge in [-0.3, -0.25) is 10.1 Å². The molecule has 1 fully saturated rings. The lowest BCUT2D eigenvalue weighted by atomic mass is 9.97. The number of carbonyl (C=O) groups is 2. The van der Waals surface area contributed by atoms with Crippen LogP contribution >= 0.6 is 0 Å². The smallest absolute Gasteiger partial charge is 0.310 e. The number of rotatable bonds is 6. The first-order chi connectivity index (χ1) is 8.27. The standard InChI is InChI=1S/C11H20N2O4S/c1-4-11(3)9(14)12-10(15)13(11)7-6-8-18(16,17)5-2/h4-8H2,1-3H3,(H,12,14,15). The van der Waals surface area contributed by atoms with Crippen LogP contribution in [0.15, 0.2) is 0 Å². The molecule has 7 heteroatoms. The van der Waals surface area contributed by atoms with Crippen LogP contribution in [0.3, 0.4) is 0 Å². The maximum absolute atomic E-state index is 11.7. The van der Waals surface area contributed by atoms with Crippen molar-refractivity contribution >= 4 is 21.8 Å². The van der Waals surface area contributed by atoms with Crippen LogP contribution in [-0.4, -0.2) is 48.8 Å². The van der Waals surface area contributed by atoms with Crippen molar-refractivity contribution in [2.45, 2.75) is 39.2 Å². The summed E-state index contributed by atoms with van der Waals surface area (Å²) >= 11 is 0. The Morgan fingerprint density at radius 2 is 1.89 bits per heavy atom. The quantitative estimate of drug-likeness (QED) is 0.717. The van der Waals surface area contributed by atoms with Gasteiger partial charge in [-0.2, -0.15) is 0 Å². The molecule has 0 saturated carbocycles. The number of hydrogen-bond donors (Lipinski definition) is 1. The average molecular weight is 276 g/mol. The average Bonchev–Trinajstić information content (AvgIpc) is 2.53. The molecule has 1 aliphatic heterocycles. The Kier molecular flexibility index (Phi) is 4.37. The molecule has 0 aromatic rings. The molecule has 0 aromatic carbocycles. The maximum atomic E-state index is 11.7. The van der Waals surface area contributed by atoms with E-state index in [9.17, 15) is 18.0 Å². The van der Waals surface area contributed by atoms with Gasteiger partial charge in [-0.1, -0.05) is 13.8 Å². The van der Waals surface area contributed by atoms with E-state index in [1.165, 1.54) is 4.90 Å². The van der Waals surface area contributed by atoms with Gasteiger partial charge in [0.2, 0.25) is 0 Å². The van der Waals surface area contributed by atoms with Crippen LogP contribution in [0.25, 0.3) is 0 Å². The molecule has 1 aliphatic rings. The fourth-order valence-electron chi connectivity index (χ4n) is 1.93. The third kappa shape index (κ3) is 2.82. The number of nitrogens with one attached hydrogen (secondary N) is 1. The van der Waals surface area contributed by atoms with E-state index in [-0.39, 0.29) is 24.0 Å². The molecular formula is C11H20N2O4S. The minimum absolute atomic E-state index is 0.0429. The van der Waals surface area contributed by atoms with E-state index in [1.54, 1.807) is 13.8 Å². The summed E-state index contributed by atoms with van der Waals surface area (Å²) in [5, 5.41) is 2.27. The summed E-state index contributed by atoms with van der Waals surface area (Å²) in [6.07, 6.45) is 0.859. The van der Waals surface area contributed by atoms with Crippen LogP contribution in [-0.2, 0) is 14.6 Å². The summed E-state index contributed by atoms with van der Waals surface area (Å²) < 4.78 is 22.7. The Morgan fingerprint density at radius 1 is 1.28 bits per heavy atom. The van der Waals surface area contributed by atoms with Crippen molar-refractivity contribution in [2.75, 3.05) is 18.1 Å². The van der Waals surface area contributed by atoms with Gasteiger partial charge in [0.15, 0.2) is 0 Å². The van der Waals surface area contributed by atoms with E-state index in [4.69, 9.17) is 0 Å². The Hall–Kier alpha value is -1.11. The van der Waals surface area contributed by atoms with E-state index < -0.39 is 21.4 Å². The van der Waals surface area contributed by atoms with Crippen molar-refractivity contribution < 1.29 is 18.0 Å². The van der Waals surface area contributed by atoms with Crippen molar-refractivity contribution in [3.63, 3.8) is 0 Å². The van der Waals surface area contributed by atoms with Crippen molar-refractivity contribution in [3.05, 3.63) is 0 Å². The lowest BCUT2D eigenvalue weighted by Crippen LogP contribution is -2.47. The number of sulfone groups is 1. The molecule has 1 N–H and O–H groups in total. The Balaban J connectivity index is 2.66. The first kappa shape index (κ1) is 14.9. The second-order valence-corrected chi connectivity index (χ2v) is 7.10. The first-order valence-electron chi connectivity index (χ1n) is 6.10. The Morgan fingerprint density at radius 3 is 2.39 bits per heavy atom. The van der Waals surface area contributed by atoms with E-state index in [0.29, 0.717) is 12.8 Å². The summed E-state index contributed by atoms with van der Waals surface area (Å²) in [5.41, 5.74) is -0.854. The topological polar surface area (TPSA) is 83.6 Å². The second kappa shape index (κ2) is 5.26. The fourth-order valence-corrected chi connectivity index (χ4v) is 2.79. The zero-order chi connectivity index (χ0) is 14.0. The van der Waals surface area contributed by atoms with Gasteiger partial charge in [0, 0.05) is 12.3 Å². The lowest BCUT2D eigenvalue weighted by molar-refractivity contribution is -0.126. The summed E-state index contributed by atoms with van der Waals surface area (Å²) in [4.78, 5) is 24.7. The molecule has 0 aromatic heterocycles.